The Labute approximate surface area is 281 Å². The first kappa shape index (κ1) is 33.1. The number of carbonyl (C=O) groups is 3. The summed E-state index contributed by atoms with van der Waals surface area (Å²) in [5.41, 5.74) is 4.12. The molecule has 2 fully saturated rings. The number of likely N-dealkylation sites (tertiary alicyclic amines) is 1. The maximum Gasteiger partial charge on any atom is 0.310 e. The summed E-state index contributed by atoms with van der Waals surface area (Å²) in [7, 11) is 0. The predicted molar refractivity (Wildman–Crippen MR) is 185 cm³/mol. The van der Waals surface area contributed by atoms with Crippen molar-refractivity contribution in [3.8, 4) is 11.4 Å². The van der Waals surface area contributed by atoms with Crippen LogP contribution in [0.1, 0.15) is 97.8 Å². The van der Waals surface area contributed by atoms with Crippen LogP contribution >= 0.6 is 11.3 Å². The van der Waals surface area contributed by atoms with Crippen LogP contribution in [0.5, 0.6) is 0 Å². The molecule has 2 aromatic heterocycles. The summed E-state index contributed by atoms with van der Waals surface area (Å²) < 4.78 is 0. The van der Waals surface area contributed by atoms with Gasteiger partial charge in [0.05, 0.1) is 10.8 Å². The standard InChI is InChI=1S/C38H46N4O4S/c1-38(2,3)33-18-17-32(47-33)35(43)41-31(36(44)42-22-30(23-42)37(45)46)19-24-9-11-28(12-10-24)34-39-20-29(21-40-34)27-15-13-26(14-16-27)25-7-5-4-6-8-25/h9-12,15,17-18,20-21,25-26,30-31H,4-8,13-14,16,19,22-23H2,1-3H3,(H,41,43)(H,45,46)/t26?,31-/m0/s1. The van der Waals surface area contributed by atoms with Gasteiger partial charge in [-0.3, -0.25) is 14.4 Å². The van der Waals surface area contributed by atoms with E-state index in [2.05, 4.69) is 32.2 Å². The Morgan fingerprint density at radius 3 is 2.23 bits per heavy atom. The summed E-state index contributed by atoms with van der Waals surface area (Å²) in [5.74, 6) is 0.315. The fourth-order valence-corrected chi connectivity index (χ4v) is 8.11. The third-order valence-electron chi connectivity index (χ3n) is 10.2. The van der Waals surface area contributed by atoms with E-state index in [1.165, 1.54) is 60.3 Å². The maximum atomic E-state index is 13.5. The molecule has 1 saturated carbocycles. The number of hydrogen-bond donors (Lipinski definition) is 2. The second kappa shape index (κ2) is 14.1. The number of aliphatic carboxylic acids is 1. The lowest BCUT2D eigenvalue weighted by molar-refractivity contribution is -0.153. The number of carboxylic acid groups (broad SMARTS) is 1. The van der Waals surface area contributed by atoms with Crippen molar-refractivity contribution in [1.29, 1.82) is 0 Å². The monoisotopic (exact) mass is 654 g/mol. The Balaban J connectivity index is 1.11. The number of benzene rings is 1. The van der Waals surface area contributed by atoms with Crippen LogP contribution in [0.3, 0.4) is 0 Å². The molecular formula is C38H46N4O4S. The van der Waals surface area contributed by atoms with Crippen molar-refractivity contribution in [3.63, 3.8) is 0 Å². The van der Waals surface area contributed by atoms with Crippen LogP contribution in [0.4, 0.5) is 0 Å². The van der Waals surface area contributed by atoms with Crippen molar-refractivity contribution in [2.24, 2.45) is 17.8 Å². The van der Waals surface area contributed by atoms with E-state index in [0.29, 0.717) is 10.7 Å². The molecule has 248 valence electrons. The smallest absolute Gasteiger partial charge is 0.310 e. The van der Waals surface area contributed by atoms with E-state index < -0.39 is 17.9 Å². The fourth-order valence-electron chi connectivity index (χ4n) is 7.15. The van der Waals surface area contributed by atoms with Gasteiger partial charge in [0.15, 0.2) is 5.82 Å². The number of carboxylic acids is 1. The highest BCUT2D eigenvalue weighted by molar-refractivity contribution is 7.14. The zero-order valence-corrected chi connectivity index (χ0v) is 28.5. The summed E-state index contributed by atoms with van der Waals surface area (Å²) in [6, 6.07) is 10.7. The minimum Gasteiger partial charge on any atom is -0.481 e. The molecule has 0 radical (unpaired) electrons. The van der Waals surface area contributed by atoms with Crippen molar-refractivity contribution in [2.75, 3.05) is 13.1 Å². The third-order valence-corrected chi connectivity index (χ3v) is 11.7. The van der Waals surface area contributed by atoms with Crippen LogP contribution in [0.15, 0.2) is 54.9 Å². The first-order chi connectivity index (χ1) is 22.5. The lowest BCUT2D eigenvalue weighted by Gasteiger charge is -2.38. The highest BCUT2D eigenvalue weighted by Gasteiger charge is 2.39. The summed E-state index contributed by atoms with van der Waals surface area (Å²) in [4.78, 5) is 50.6. The number of aromatic nitrogens is 2. The van der Waals surface area contributed by atoms with Crippen LogP contribution in [0, 0.1) is 17.8 Å². The Bertz CT molecular complexity index is 1610. The second-order valence-electron chi connectivity index (χ2n) is 14.6. The zero-order chi connectivity index (χ0) is 33.1. The minimum absolute atomic E-state index is 0.0847. The number of nitrogens with zero attached hydrogens (tertiary/aromatic N) is 3. The molecule has 3 aromatic rings. The van der Waals surface area contributed by atoms with Gasteiger partial charge in [-0.15, -0.1) is 11.3 Å². The van der Waals surface area contributed by atoms with Gasteiger partial charge in [0, 0.05) is 47.9 Å². The highest BCUT2D eigenvalue weighted by Crippen LogP contribution is 2.39. The first-order valence-corrected chi connectivity index (χ1v) is 17.9. The number of hydrogen-bond acceptors (Lipinski definition) is 6. The van der Waals surface area contributed by atoms with Gasteiger partial charge in [0.1, 0.15) is 6.04 Å². The van der Waals surface area contributed by atoms with Gasteiger partial charge in [0.2, 0.25) is 5.91 Å². The normalized spacial score (nSPS) is 19.9. The van der Waals surface area contributed by atoms with Crippen molar-refractivity contribution in [3.05, 3.63) is 75.7 Å². The van der Waals surface area contributed by atoms with E-state index >= 15 is 0 Å². The molecule has 3 heterocycles. The van der Waals surface area contributed by atoms with Crippen LogP contribution in [0.2, 0.25) is 0 Å². The van der Waals surface area contributed by atoms with Crippen molar-refractivity contribution in [1.82, 2.24) is 20.2 Å². The van der Waals surface area contributed by atoms with Gasteiger partial charge in [-0.05, 0) is 59.8 Å². The molecule has 6 rings (SSSR count). The predicted octanol–water partition coefficient (Wildman–Crippen LogP) is 7.15. The van der Waals surface area contributed by atoms with Crippen LogP contribution in [-0.2, 0) is 21.4 Å². The second-order valence-corrected chi connectivity index (χ2v) is 15.7. The summed E-state index contributed by atoms with van der Waals surface area (Å²) in [5, 5.41) is 12.3. The average molecular weight is 655 g/mol. The molecule has 2 amide bonds. The highest BCUT2D eigenvalue weighted by atomic mass is 32.1. The van der Waals surface area contributed by atoms with Gasteiger partial charge in [0.25, 0.3) is 5.91 Å². The van der Waals surface area contributed by atoms with Crippen molar-refractivity contribution < 1.29 is 19.5 Å². The van der Waals surface area contributed by atoms with Crippen molar-refractivity contribution in [2.45, 2.75) is 90.0 Å². The molecule has 0 spiro atoms. The lowest BCUT2D eigenvalue weighted by atomic mass is 9.73. The SMILES string of the molecule is CC(C)(C)c1ccc(C(=O)N[C@@H](Cc2ccc(-c3ncc(C4=CCC(C5CCCCC5)CC4)cn3)cc2)C(=O)N2CC(C(=O)O)C2)s1. The Morgan fingerprint density at radius 1 is 0.936 bits per heavy atom. The summed E-state index contributed by atoms with van der Waals surface area (Å²) in [6.45, 7) is 6.59. The number of rotatable bonds is 9. The zero-order valence-electron chi connectivity index (χ0n) is 27.7. The maximum absolute atomic E-state index is 13.5. The van der Waals surface area contributed by atoms with Gasteiger partial charge >= 0.3 is 5.97 Å². The van der Waals surface area contributed by atoms with E-state index in [4.69, 9.17) is 9.97 Å². The van der Waals surface area contributed by atoms with Gasteiger partial charge < -0.3 is 15.3 Å². The Kier molecular flexibility index (Phi) is 9.92. The topological polar surface area (TPSA) is 112 Å². The molecule has 3 aliphatic rings. The van der Waals surface area contributed by atoms with E-state index in [9.17, 15) is 19.5 Å². The van der Waals surface area contributed by atoms with E-state index in [1.54, 1.807) is 6.07 Å². The molecule has 0 bridgehead atoms. The molecule has 1 aliphatic heterocycles. The summed E-state index contributed by atoms with van der Waals surface area (Å²) in [6.07, 6.45) is 17.1. The average Bonchev–Trinajstić information content (AvgIpc) is 3.56. The summed E-state index contributed by atoms with van der Waals surface area (Å²) >= 11 is 1.42. The fraction of sp³-hybridized carbons (Fsp3) is 0.500. The Morgan fingerprint density at radius 2 is 1.64 bits per heavy atom. The molecule has 9 heteroatoms. The van der Waals surface area contributed by atoms with Gasteiger partial charge in [-0.25, -0.2) is 9.97 Å². The van der Waals surface area contributed by atoms with Gasteiger partial charge in [-0.2, -0.15) is 0 Å². The molecule has 1 aromatic carbocycles. The molecular weight excluding hydrogens is 609 g/mol. The minimum atomic E-state index is -0.910. The van der Waals surface area contributed by atoms with Crippen LogP contribution in [-0.4, -0.2) is 56.9 Å². The molecule has 2 aliphatic carbocycles. The van der Waals surface area contributed by atoms with E-state index in [1.807, 2.05) is 42.7 Å². The Hall–Kier alpha value is -3.85. The largest absolute Gasteiger partial charge is 0.481 e. The van der Waals surface area contributed by atoms with Crippen LogP contribution < -0.4 is 5.32 Å². The number of allylic oxidation sites excluding steroid dienone is 2. The van der Waals surface area contributed by atoms with E-state index in [-0.39, 0.29) is 36.7 Å². The molecule has 8 nitrogen and oxygen atoms in total. The number of nitrogens with one attached hydrogen (secondary N) is 1. The van der Waals surface area contributed by atoms with E-state index in [0.717, 1.165) is 46.2 Å². The third kappa shape index (κ3) is 7.83. The van der Waals surface area contributed by atoms with Crippen LogP contribution in [0.25, 0.3) is 17.0 Å². The lowest BCUT2D eigenvalue weighted by Crippen LogP contribution is -2.59. The van der Waals surface area contributed by atoms with Crippen molar-refractivity contribution >= 4 is 34.7 Å². The molecule has 47 heavy (non-hydrogen) atoms. The molecule has 1 saturated heterocycles. The quantitative estimate of drug-likeness (QED) is 0.254. The molecule has 2 atom stereocenters. The van der Waals surface area contributed by atoms with Gasteiger partial charge in [-0.1, -0.05) is 83.2 Å². The number of carbonyl (C=O) groups excluding carboxylic acids is 2. The number of amides is 2. The molecule has 1 unspecified atom stereocenters. The molecule has 2 N–H and O–H groups in total. The number of thiophene rings is 1. The first-order valence-electron chi connectivity index (χ1n) is 17.1.